The van der Waals surface area contributed by atoms with Crippen LogP contribution in [-0.2, 0) is 6.42 Å². The highest BCUT2D eigenvalue weighted by Gasteiger charge is 2.23. The van der Waals surface area contributed by atoms with E-state index in [1.165, 1.54) is 39.0 Å². The van der Waals surface area contributed by atoms with Crippen LogP contribution in [0.4, 0.5) is 4.39 Å². The highest BCUT2D eigenvalue weighted by Crippen LogP contribution is 2.27. The Morgan fingerprint density at radius 2 is 2.18 bits per heavy atom. The van der Waals surface area contributed by atoms with Crippen molar-refractivity contribution in [3.63, 3.8) is 0 Å². The van der Waals surface area contributed by atoms with Crippen LogP contribution in [0.1, 0.15) is 50.8 Å². The maximum Gasteiger partial charge on any atom is 0.126 e. The van der Waals surface area contributed by atoms with Crippen LogP contribution in [0, 0.1) is 0 Å². The molecule has 3 nitrogen and oxygen atoms in total. The molecule has 1 saturated carbocycles. The van der Waals surface area contributed by atoms with E-state index in [0.717, 1.165) is 5.69 Å². The monoisotopic (exact) mass is 239 g/mol. The maximum absolute atomic E-state index is 13.8. The highest BCUT2D eigenvalue weighted by atomic mass is 19.1. The van der Waals surface area contributed by atoms with Crippen LogP contribution in [0.5, 0.6) is 0 Å². The van der Waals surface area contributed by atoms with E-state index in [1.54, 1.807) is 0 Å². The van der Waals surface area contributed by atoms with Gasteiger partial charge in [0.15, 0.2) is 0 Å². The van der Waals surface area contributed by atoms with Gasteiger partial charge in [0.25, 0.3) is 0 Å². The first-order chi connectivity index (χ1) is 8.11. The smallest absolute Gasteiger partial charge is 0.126 e. The van der Waals surface area contributed by atoms with Gasteiger partial charge >= 0.3 is 0 Å². The van der Waals surface area contributed by atoms with Crippen molar-refractivity contribution in [2.24, 2.45) is 5.73 Å². The molecule has 0 saturated heterocycles. The summed E-state index contributed by atoms with van der Waals surface area (Å²) < 4.78 is 15.8. The predicted octanol–water partition coefficient (Wildman–Crippen LogP) is 2.62. The number of hydrogen-bond acceptors (Lipinski definition) is 2. The zero-order valence-electron chi connectivity index (χ0n) is 10.5. The summed E-state index contributed by atoms with van der Waals surface area (Å²) in [7, 11) is 0. The lowest BCUT2D eigenvalue weighted by atomic mass is 9.96. The van der Waals surface area contributed by atoms with Crippen molar-refractivity contribution in [3.05, 3.63) is 18.0 Å². The molecule has 1 aliphatic rings. The molecule has 2 rings (SSSR count). The average molecular weight is 239 g/mol. The fourth-order valence-electron chi connectivity index (χ4n) is 2.47. The molecule has 0 spiro atoms. The van der Waals surface area contributed by atoms with E-state index >= 15 is 0 Å². The van der Waals surface area contributed by atoms with Crippen molar-refractivity contribution < 1.29 is 4.39 Å². The topological polar surface area (TPSA) is 43.8 Å². The van der Waals surface area contributed by atoms with Crippen molar-refractivity contribution in [1.29, 1.82) is 0 Å². The minimum atomic E-state index is -1.34. The van der Waals surface area contributed by atoms with Crippen molar-refractivity contribution in [2.75, 3.05) is 6.54 Å². The molecule has 1 unspecified atom stereocenters. The Morgan fingerprint density at radius 3 is 2.82 bits per heavy atom. The number of alkyl halides is 1. The zero-order chi connectivity index (χ0) is 12.3. The predicted molar refractivity (Wildman–Crippen MR) is 66.6 cm³/mol. The molecule has 1 aromatic heterocycles. The van der Waals surface area contributed by atoms with Gasteiger partial charge in [-0.2, -0.15) is 5.10 Å². The van der Waals surface area contributed by atoms with Crippen LogP contribution >= 0.6 is 0 Å². The van der Waals surface area contributed by atoms with Gasteiger partial charge < -0.3 is 5.73 Å². The molecule has 4 heteroatoms. The third-order valence-electron chi connectivity index (χ3n) is 3.59. The molecule has 17 heavy (non-hydrogen) atoms. The lowest BCUT2D eigenvalue weighted by Crippen LogP contribution is -2.31. The Bertz CT molecular complexity index is 353. The lowest BCUT2D eigenvalue weighted by Gasteiger charge is -2.22. The summed E-state index contributed by atoms with van der Waals surface area (Å²) in [5, 5.41) is 4.49. The van der Waals surface area contributed by atoms with E-state index < -0.39 is 5.67 Å². The van der Waals surface area contributed by atoms with E-state index in [4.69, 9.17) is 5.73 Å². The summed E-state index contributed by atoms with van der Waals surface area (Å²) >= 11 is 0. The lowest BCUT2D eigenvalue weighted by molar-refractivity contribution is 0.197. The Morgan fingerprint density at radius 1 is 1.47 bits per heavy atom. The molecule has 2 N–H and O–H groups in total. The summed E-state index contributed by atoms with van der Waals surface area (Å²) in [5.41, 5.74) is 4.86. The van der Waals surface area contributed by atoms with Crippen LogP contribution in [0.3, 0.4) is 0 Å². The molecule has 0 radical (unpaired) electrons. The van der Waals surface area contributed by atoms with Crippen LogP contribution in [-0.4, -0.2) is 22.0 Å². The Labute approximate surface area is 102 Å². The first-order valence-corrected chi connectivity index (χ1v) is 6.54. The average Bonchev–Trinajstić information content (AvgIpc) is 2.78. The number of halogens is 1. The van der Waals surface area contributed by atoms with Crippen LogP contribution in [0.25, 0.3) is 0 Å². The van der Waals surface area contributed by atoms with Gasteiger partial charge in [-0.3, -0.25) is 4.68 Å². The second kappa shape index (κ2) is 5.17. The van der Waals surface area contributed by atoms with Gasteiger partial charge in [0, 0.05) is 19.2 Å². The third kappa shape index (κ3) is 3.28. The number of nitrogens with two attached hydrogens (primary N) is 1. The van der Waals surface area contributed by atoms with E-state index in [1.807, 2.05) is 16.9 Å². The van der Waals surface area contributed by atoms with Crippen molar-refractivity contribution >= 4 is 0 Å². The van der Waals surface area contributed by atoms with Gasteiger partial charge in [-0.05, 0) is 25.8 Å². The minimum Gasteiger partial charge on any atom is -0.328 e. The second-order valence-electron chi connectivity index (χ2n) is 5.37. The van der Waals surface area contributed by atoms with Crippen LogP contribution < -0.4 is 5.73 Å². The fourth-order valence-corrected chi connectivity index (χ4v) is 2.47. The van der Waals surface area contributed by atoms with E-state index in [-0.39, 0.29) is 6.54 Å². The Balaban J connectivity index is 2.00. The molecule has 0 aliphatic heterocycles. The van der Waals surface area contributed by atoms with Crippen molar-refractivity contribution in [3.8, 4) is 0 Å². The first-order valence-electron chi connectivity index (χ1n) is 6.54. The van der Waals surface area contributed by atoms with Crippen LogP contribution in [0.2, 0.25) is 0 Å². The van der Waals surface area contributed by atoms with E-state index in [9.17, 15) is 4.39 Å². The zero-order valence-corrected chi connectivity index (χ0v) is 10.5. The second-order valence-corrected chi connectivity index (χ2v) is 5.37. The number of hydrogen-bond donors (Lipinski definition) is 1. The maximum atomic E-state index is 13.8. The summed E-state index contributed by atoms with van der Waals surface area (Å²) in [6, 6.07) is 2.43. The summed E-state index contributed by atoms with van der Waals surface area (Å²) in [4.78, 5) is 0. The fraction of sp³-hybridized carbons (Fsp3) is 0.769. The summed E-state index contributed by atoms with van der Waals surface area (Å²) in [6.07, 6.45) is 8.59. The first kappa shape index (κ1) is 12.6. The summed E-state index contributed by atoms with van der Waals surface area (Å²) in [5.74, 6) is 0. The van der Waals surface area contributed by atoms with Gasteiger partial charge in [0.05, 0.1) is 11.7 Å². The molecule has 1 heterocycles. The quantitative estimate of drug-likeness (QED) is 0.877. The molecular weight excluding hydrogens is 217 g/mol. The van der Waals surface area contributed by atoms with Gasteiger partial charge in [-0.25, -0.2) is 4.39 Å². The standard InChI is InChI=1S/C13H22FN3/c1-13(14,10-15)9-11-7-8-17(16-11)12-5-3-2-4-6-12/h7-8,12H,2-6,9-10,15H2,1H3. The third-order valence-corrected chi connectivity index (χ3v) is 3.59. The molecule has 1 aromatic rings. The molecule has 0 amide bonds. The molecule has 1 atom stereocenters. The van der Waals surface area contributed by atoms with Crippen LogP contribution in [0.15, 0.2) is 12.3 Å². The number of nitrogens with zero attached hydrogens (tertiary/aromatic N) is 2. The van der Waals surface area contributed by atoms with E-state index in [0.29, 0.717) is 12.5 Å². The largest absolute Gasteiger partial charge is 0.328 e. The summed E-state index contributed by atoms with van der Waals surface area (Å²) in [6.45, 7) is 1.58. The Kier molecular flexibility index (Phi) is 3.82. The minimum absolute atomic E-state index is 0.0449. The molecule has 1 fully saturated rings. The SMILES string of the molecule is CC(F)(CN)Cc1ccn(C2CCCCC2)n1. The number of aromatic nitrogens is 2. The van der Waals surface area contributed by atoms with Gasteiger partial charge in [-0.15, -0.1) is 0 Å². The Hall–Kier alpha value is -0.900. The molecule has 0 bridgehead atoms. The molecule has 0 aromatic carbocycles. The molecular formula is C13H22FN3. The van der Waals surface area contributed by atoms with Gasteiger partial charge in [0.2, 0.25) is 0 Å². The van der Waals surface area contributed by atoms with E-state index in [2.05, 4.69) is 5.10 Å². The molecule has 96 valence electrons. The normalized spacial score (nSPS) is 21.4. The van der Waals surface area contributed by atoms with Gasteiger partial charge in [0.1, 0.15) is 5.67 Å². The van der Waals surface area contributed by atoms with Crippen molar-refractivity contribution in [1.82, 2.24) is 9.78 Å². The van der Waals surface area contributed by atoms with Crippen molar-refractivity contribution in [2.45, 2.75) is 57.2 Å². The highest BCUT2D eigenvalue weighted by molar-refractivity contribution is 5.04. The molecule has 1 aliphatic carbocycles. The number of rotatable bonds is 4. The van der Waals surface area contributed by atoms with Gasteiger partial charge in [-0.1, -0.05) is 19.3 Å².